The van der Waals surface area contributed by atoms with Gasteiger partial charge in [0.05, 0.1) is 10.5 Å². The molecule has 1 aliphatic carbocycles. The molecule has 136 valence electrons. The first-order valence-electron chi connectivity index (χ1n) is 8.78. The maximum atomic E-state index is 13.4. The summed E-state index contributed by atoms with van der Waals surface area (Å²) >= 11 is 0. The lowest BCUT2D eigenvalue weighted by atomic mass is 9.95. The van der Waals surface area contributed by atoms with Crippen LogP contribution in [0, 0.1) is 17.1 Å². The molecule has 1 aliphatic rings. The first-order chi connectivity index (χ1) is 12.5. The Labute approximate surface area is 153 Å². The first-order valence-corrected chi connectivity index (χ1v) is 10.2. The minimum absolute atomic E-state index is 0.0372. The largest absolute Gasteiger partial charge is 0.244 e. The van der Waals surface area contributed by atoms with Crippen LogP contribution in [0.2, 0.25) is 0 Å². The second kappa shape index (κ2) is 7.98. The van der Waals surface area contributed by atoms with Gasteiger partial charge in [-0.2, -0.15) is 9.57 Å². The highest BCUT2D eigenvalue weighted by Gasteiger charge is 2.33. The quantitative estimate of drug-likeness (QED) is 0.789. The van der Waals surface area contributed by atoms with Gasteiger partial charge in [-0.05, 0) is 42.7 Å². The van der Waals surface area contributed by atoms with Gasteiger partial charge in [-0.3, -0.25) is 0 Å². The Hall–Kier alpha value is -2.23. The molecule has 2 aromatic carbocycles. The van der Waals surface area contributed by atoms with Crippen LogP contribution in [0.4, 0.5) is 4.39 Å². The summed E-state index contributed by atoms with van der Waals surface area (Å²) in [6.45, 7) is 0.174. The van der Waals surface area contributed by atoms with Crippen LogP contribution in [0.15, 0.2) is 53.4 Å². The van der Waals surface area contributed by atoms with E-state index in [1.54, 1.807) is 24.3 Å². The first kappa shape index (κ1) is 18.6. The number of nitrogens with zero attached hydrogens (tertiary/aromatic N) is 2. The average molecular weight is 372 g/mol. The zero-order valence-corrected chi connectivity index (χ0v) is 15.3. The van der Waals surface area contributed by atoms with E-state index in [0.717, 1.165) is 37.7 Å². The molecule has 1 saturated carbocycles. The van der Waals surface area contributed by atoms with Crippen molar-refractivity contribution in [2.45, 2.75) is 49.6 Å². The predicted molar refractivity (Wildman–Crippen MR) is 97.2 cm³/mol. The second-order valence-electron chi connectivity index (χ2n) is 6.58. The summed E-state index contributed by atoms with van der Waals surface area (Å²) in [5.41, 5.74) is 0.877. The van der Waals surface area contributed by atoms with Crippen LogP contribution < -0.4 is 0 Å². The van der Waals surface area contributed by atoms with Gasteiger partial charge in [-0.1, -0.05) is 43.5 Å². The van der Waals surface area contributed by atoms with Crippen LogP contribution in [0.1, 0.15) is 43.2 Å². The maximum absolute atomic E-state index is 13.4. The number of rotatable bonds is 5. The zero-order valence-electron chi connectivity index (χ0n) is 14.4. The summed E-state index contributed by atoms with van der Waals surface area (Å²) in [6.07, 6.45) is 4.68. The van der Waals surface area contributed by atoms with E-state index in [9.17, 15) is 18.1 Å². The van der Waals surface area contributed by atoms with Crippen molar-refractivity contribution in [3.05, 3.63) is 65.5 Å². The van der Waals surface area contributed by atoms with Crippen molar-refractivity contribution in [2.75, 3.05) is 0 Å². The smallest absolute Gasteiger partial charge is 0.207 e. The molecule has 6 heteroatoms. The summed E-state index contributed by atoms with van der Waals surface area (Å²) in [4.78, 5) is 0.0372. The van der Waals surface area contributed by atoms with Crippen LogP contribution in [0.5, 0.6) is 0 Å². The molecule has 0 amide bonds. The summed E-state index contributed by atoms with van der Waals surface area (Å²) < 4.78 is 41.5. The lowest BCUT2D eigenvalue weighted by Crippen LogP contribution is -2.41. The number of sulfonamides is 1. The van der Waals surface area contributed by atoms with Gasteiger partial charge in [0, 0.05) is 12.6 Å². The summed E-state index contributed by atoms with van der Waals surface area (Å²) in [7, 11) is -3.83. The molecular formula is C20H21FN2O2S. The minimum Gasteiger partial charge on any atom is -0.207 e. The number of halogens is 1. The Bertz CT molecular complexity index is 898. The van der Waals surface area contributed by atoms with Crippen molar-refractivity contribution in [2.24, 2.45) is 0 Å². The van der Waals surface area contributed by atoms with Crippen molar-refractivity contribution in [3.8, 4) is 6.07 Å². The molecule has 0 N–H and O–H groups in total. The zero-order chi connectivity index (χ0) is 18.6. The highest BCUT2D eigenvalue weighted by Crippen LogP contribution is 2.30. The van der Waals surface area contributed by atoms with Crippen LogP contribution in [-0.2, 0) is 16.6 Å². The molecule has 26 heavy (non-hydrogen) atoms. The average Bonchev–Trinajstić information content (AvgIpc) is 2.68. The Morgan fingerprint density at radius 2 is 1.69 bits per heavy atom. The van der Waals surface area contributed by atoms with Crippen LogP contribution in [0.25, 0.3) is 0 Å². The predicted octanol–water partition coefficient (Wildman–Crippen LogP) is 4.22. The Morgan fingerprint density at radius 3 is 2.35 bits per heavy atom. The van der Waals surface area contributed by atoms with Crippen molar-refractivity contribution < 1.29 is 12.8 Å². The van der Waals surface area contributed by atoms with Crippen LogP contribution in [0.3, 0.4) is 0 Å². The van der Waals surface area contributed by atoms with Gasteiger partial charge in [0.25, 0.3) is 0 Å². The van der Waals surface area contributed by atoms with Crippen LogP contribution in [-0.4, -0.2) is 18.8 Å². The van der Waals surface area contributed by atoms with Crippen molar-refractivity contribution in [1.29, 1.82) is 5.26 Å². The number of nitriles is 1. The molecule has 0 spiro atoms. The lowest BCUT2D eigenvalue weighted by Gasteiger charge is -2.33. The highest BCUT2D eigenvalue weighted by molar-refractivity contribution is 7.89. The summed E-state index contributed by atoms with van der Waals surface area (Å²) in [5.74, 6) is -0.351. The third kappa shape index (κ3) is 3.95. The second-order valence-corrected chi connectivity index (χ2v) is 8.44. The molecule has 0 aliphatic heterocycles. The van der Waals surface area contributed by atoms with Gasteiger partial charge in [0.2, 0.25) is 10.0 Å². The van der Waals surface area contributed by atoms with E-state index in [2.05, 4.69) is 0 Å². The molecular weight excluding hydrogens is 351 g/mol. The van der Waals surface area contributed by atoms with Gasteiger partial charge in [0.1, 0.15) is 11.9 Å². The normalized spacial score (nSPS) is 15.7. The lowest BCUT2D eigenvalue weighted by molar-refractivity contribution is 0.247. The molecule has 3 rings (SSSR count). The summed E-state index contributed by atoms with van der Waals surface area (Å²) in [5, 5.41) is 9.32. The molecule has 0 atom stereocenters. The Morgan fingerprint density at radius 1 is 1.04 bits per heavy atom. The van der Waals surface area contributed by atoms with E-state index in [1.807, 2.05) is 6.07 Å². The Balaban J connectivity index is 2.01. The fourth-order valence-corrected chi connectivity index (χ4v) is 5.28. The van der Waals surface area contributed by atoms with Gasteiger partial charge >= 0.3 is 0 Å². The number of benzene rings is 2. The number of hydrogen-bond donors (Lipinski definition) is 0. The minimum atomic E-state index is -3.83. The van der Waals surface area contributed by atoms with Crippen molar-refractivity contribution in [1.82, 2.24) is 4.31 Å². The molecule has 2 aromatic rings. The van der Waals surface area contributed by atoms with E-state index in [4.69, 9.17) is 0 Å². The van der Waals surface area contributed by atoms with Gasteiger partial charge < -0.3 is 0 Å². The molecule has 0 heterocycles. The Kier molecular flexibility index (Phi) is 5.70. The standard InChI is InChI=1S/C20H21FN2O2S/c21-18-12-10-16(11-13-18)15-23(19-7-2-1-3-8-19)26(24,25)20-9-5-4-6-17(20)14-22/h4-6,9-13,19H,1-3,7-8,15H2. The van der Waals surface area contributed by atoms with Gasteiger partial charge in [0.15, 0.2) is 0 Å². The SMILES string of the molecule is N#Cc1ccccc1S(=O)(=O)N(Cc1ccc(F)cc1)C1CCCCC1. The van der Waals surface area contributed by atoms with Crippen LogP contribution >= 0.6 is 0 Å². The summed E-state index contributed by atoms with van der Waals surface area (Å²) in [6, 6.07) is 14.0. The van der Waals surface area contributed by atoms with Gasteiger partial charge in [-0.15, -0.1) is 0 Å². The topological polar surface area (TPSA) is 61.2 Å². The fourth-order valence-electron chi connectivity index (χ4n) is 3.46. The monoisotopic (exact) mass is 372 g/mol. The molecule has 0 bridgehead atoms. The van der Waals surface area contributed by atoms with E-state index >= 15 is 0 Å². The molecule has 0 unspecified atom stereocenters. The van der Waals surface area contributed by atoms with E-state index < -0.39 is 10.0 Å². The maximum Gasteiger partial charge on any atom is 0.244 e. The van der Waals surface area contributed by atoms with E-state index in [0.29, 0.717) is 0 Å². The third-order valence-corrected chi connectivity index (χ3v) is 6.78. The number of hydrogen-bond acceptors (Lipinski definition) is 3. The third-order valence-electron chi connectivity index (χ3n) is 4.83. The van der Waals surface area contributed by atoms with Crippen molar-refractivity contribution >= 4 is 10.0 Å². The van der Waals surface area contributed by atoms with E-state index in [1.165, 1.54) is 28.6 Å². The van der Waals surface area contributed by atoms with Crippen molar-refractivity contribution in [3.63, 3.8) is 0 Å². The fraction of sp³-hybridized carbons (Fsp3) is 0.350. The molecule has 0 aromatic heterocycles. The molecule has 0 saturated heterocycles. The molecule has 1 fully saturated rings. The molecule has 0 radical (unpaired) electrons. The molecule has 4 nitrogen and oxygen atoms in total. The van der Waals surface area contributed by atoms with Gasteiger partial charge in [-0.25, -0.2) is 12.8 Å². The van der Waals surface area contributed by atoms with E-state index in [-0.39, 0.29) is 28.9 Å². The highest BCUT2D eigenvalue weighted by atomic mass is 32.2.